The van der Waals surface area contributed by atoms with Gasteiger partial charge in [-0.3, -0.25) is 4.79 Å². The Balaban J connectivity index is 2.36. The molecule has 3 unspecified atom stereocenters. The molecule has 0 saturated heterocycles. The average Bonchev–Trinajstić information content (AvgIpc) is 2.29. The Bertz CT molecular complexity index is 220. The maximum Gasteiger partial charge on any atom is 0.220 e. The second-order valence-electron chi connectivity index (χ2n) is 5.09. The van der Waals surface area contributed by atoms with Crippen LogP contribution in [0.4, 0.5) is 0 Å². The standard InChI is InChI=1S/C13H24ClNO/c1-3-10(2)8-13(16)15-12-7-5-4-6-11(12)9-14/h10-12H,3-9H2,1-2H3,(H,15,16). The Morgan fingerprint density at radius 1 is 1.44 bits per heavy atom. The lowest BCUT2D eigenvalue weighted by atomic mass is 9.85. The van der Waals surface area contributed by atoms with Crippen molar-refractivity contribution in [1.29, 1.82) is 0 Å². The van der Waals surface area contributed by atoms with Gasteiger partial charge in [-0.2, -0.15) is 0 Å². The summed E-state index contributed by atoms with van der Waals surface area (Å²) < 4.78 is 0. The summed E-state index contributed by atoms with van der Waals surface area (Å²) in [6.07, 6.45) is 6.47. The molecule has 94 valence electrons. The molecule has 0 aromatic carbocycles. The molecule has 1 aliphatic carbocycles. The zero-order valence-electron chi connectivity index (χ0n) is 10.5. The molecule has 0 aromatic rings. The molecular weight excluding hydrogens is 222 g/mol. The first-order valence-corrected chi connectivity index (χ1v) is 7.06. The van der Waals surface area contributed by atoms with Crippen LogP contribution in [0, 0.1) is 11.8 Å². The number of carbonyl (C=O) groups is 1. The molecule has 0 aliphatic heterocycles. The minimum atomic E-state index is 0.205. The van der Waals surface area contributed by atoms with Gasteiger partial charge in [0.15, 0.2) is 0 Å². The fourth-order valence-electron chi connectivity index (χ4n) is 2.31. The molecule has 1 amide bonds. The van der Waals surface area contributed by atoms with Gasteiger partial charge in [0.05, 0.1) is 0 Å². The van der Waals surface area contributed by atoms with Crippen molar-refractivity contribution < 1.29 is 4.79 Å². The van der Waals surface area contributed by atoms with Crippen molar-refractivity contribution in [2.75, 3.05) is 5.88 Å². The zero-order valence-corrected chi connectivity index (χ0v) is 11.2. The highest BCUT2D eigenvalue weighted by Crippen LogP contribution is 2.25. The second kappa shape index (κ2) is 7.16. The van der Waals surface area contributed by atoms with Crippen molar-refractivity contribution in [3.05, 3.63) is 0 Å². The van der Waals surface area contributed by atoms with E-state index in [1.807, 2.05) is 0 Å². The molecule has 1 fully saturated rings. The summed E-state index contributed by atoms with van der Waals surface area (Å²) in [4.78, 5) is 11.8. The number of nitrogens with one attached hydrogen (secondary N) is 1. The minimum absolute atomic E-state index is 0.205. The summed E-state index contributed by atoms with van der Waals surface area (Å²) in [5.74, 6) is 1.85. The summed E-state index contributed by atoms with van der Waals surface area (Å²) in [7, 11) is 0. The van der Waals surface area contributed by atoms with Crippen LogP contribution >= 0.6 is 11.6 Å². The molecule has 3 atom stereocenters. The Morgan fingerprint density at radius 2 is 2.12 bits per heavy atom. The first-order chi connectivity index (χ1) is 7.67. The van der Waals surface area contributed by atoms with E-state index in [0.29, 0.717) is 30.2 Å². The summed E-state index contributed by atoms with van der Waals surface area (Å²) in [5, 5.41) is 3.16. The second-order valence-corrected chi connectivity index (χ2v) is 5.40. The van der Waals surface area contributed by atoms with Gasteiger partial charge < -0.3 is 5.32 Å². The van der Waals surface area contributed by atoms with Crippen LogP contribution in [0.3, 0.4) is 0 Å². The lowest BCUT2D eigenvalue weighted by molar-refractivity contribution is -0.123. The van der Waals surface area contributed by atoms with Crippen molar-refractivity contribution in [1.82, 2.24) is 5.32 Å². The number of halogens is 1. The van der Waals surface area contributed by atoms with Crippen LogP contribution in [-0.2, 0) is 4.79 Å². The molecule has 0 bridgehead atoms. The molecule has 1 saturated carbocycles. The third kappa shape index (κ3) is 4.32. The van der Waals surface area contributed by atoms with Gasteiger partial charge in [0.2, 0.25) is 5.91 Å². The first-order valence-electron chi connectivity index (χ1n) is 6.52. The maximum absolute atomic E-state index is 11.8. The quantitative estimate of drug-likeness (QED) is 0.740. The molecule has 16 heavy (non-hydrogen) atoms. The van der Waals surface area contributed by atoms with Crippen LogP contribution in [0.2, 0.25) is 0 Å². The van der Waals surface area contributed by atoms with Crippen LogP contribution in [0.1, 0.15) is 52.4 Å². The van der Waals surface area contributed by atoms with Crippen LogP contribution < -0.4 is 5.32 Å². The molecule has 0 radical (unpaired) electrons. The molecule has 0 heterocycles. The van der Waals surface area contributed by atoms with E-state index in [9.17, 15) is 4.79 Å². The normalized spacial score (nSPS) is 27.4. The topological polar surface area (TPSA) is 29.1 Å². The van der Waals surface area contributed by atoms with Crippen LogP contribution in [-0.4, -0.2) is 17.8 Å². The van der Waals surface area contributed by atoms with E-state index in [1.54, 1.807) is 0 Å². The third-order valence-electron chi connectivity index (χ3n) is 3.68. The monoisotopic (exact) mass is 245 g/mol. The van der Waals surface area contributed by atoms with Crippen LogP contribution in [0.25, 0.3) is 0 Å². The van der Waals surface area contributed by atoms with Gasteiger partial charge in [-0.25, -0.2) is 0 Å². The SMILES string of the molecule is CCC(C)CC(=O)NC1CCCCC1CCl. The number of hydrogen-bond donors (Lipinski definition) is 1. The van der Waals surface area contributed by atoms with E-state index in [1.165, 1.54) is 12.8 Å². The number of carbonyl (C=O) groups excluding carboxylic acids is 1. The molecule has 1 N–H and O–H groups in total. The van der Waals surface area contributed by atoms with Crippen molar-refractivity contribution >= 4 is 17.5 Å². The first kappa shape index (κ1) is 13.8. The molecule has 2 nitrogen and oxygen atoms in total. The van der Waals surface area contributed by atoms with Gasteiger partial charge in [-0.15, -0.1) is 11.6 Å². The lowest BCUT2D eigenvalue weighted by Gasteiger charge is -2.31. The van der Waals surface area contributed by atoms with Gasteiger partial charge in [-0.05, 0) is 24.7 Å². The molecule has 0 spiro atoms. The Labute approximate surface area is 104 Å². The highest BCUT2D eigenvalue weighted by atomic mass is 35.5. The molecule has 1 aliphatic rings. The number of amides is 1. The predicted molar refractivity (Wildman–Crippen MR) is 68.7 cm³/mol. The lowest BCUT2D eigenvalue weighted by Crippen LogP contribution is -2.43. The maximum atomic E-state index is 11.8. The highest BCUT2D eigenvalue weighted by Gasteiger charge is 2.25. The largest absolute Gasteiger partial charge is 0.353 e. The van der Waals surface area contributed by atoms with Crippen molar-refractivity contribution in [2.45, 2.75) is 58.4 Å². The Hall–Kier alpha value is -0.240. The van der Waals surface area contributed by atoms with E-state index in [0.717, 1.165) is 19.3 Å². The van der Waals surface area contributed by atoms with E-state index in [-0.39, 0.29) is 5.91 Å². The molecule has 1 rings (SSSR count). The predicted octanol–water partition coefficient (Wildman–Crippen LogP) is 3.34. The molecular formula is C13H24ClNO. The van der Waals surface area contributed by atoms with Crippen LogP contribution in [0.5, 0.6) is 0 Å². The summed E-state index contributed by atoms with van der Waals surface area (Å²) in [6, 6.07) is 0.322. The van der Waals surface area contributed by atoms with E-state index < -0.39 is 0 Å². The van der Waals surface area contributed by atoms with E-state index in [4.69, 9.17) is 11.6 Å². The Kier molecular flexibility index (Phi) is 6.18. The number of alkyl halides is 1. The van der Waals surface area contributed by atoms with Gasteiger partial charge >= 0.3 is 0 Å². The van der Waals surface area contributed by atoms with Crippen molar-refractivity contribution in [2.24, 2.45) is 11.8 Å². The van der Waals surface area contributed by atoms with E-state index in [2.05, 4.69) is 19.2 Å². The third-order valence-corrected chi connectivity index (χ3v) is 4.08. The minimum Gasteiger partial charge on any atom is -0.353 e. The molecule has 0 aromatic heterocycles. The highest BCUT2D eigenvalue weighted by molar-refractivity contribution is 6.18. The summed E-state index contributed by atoms with van der Waals surface area (Å²) in [6.45, 7) is 4.25. The number of hydrogen-bond acceptors (Lipinski definition) is 1. The van der Waals surface area contributed by atoms with Crippen molar-refractivity contribution in [3.8, 4) is 0 Å². The number of rotatable bonds is 5. The summed E-state index contributed by atoms with van der Waals surface area (Å²) in [5.41, 5.74) is 0. The van der Waals surface area contributed by atoms with Crippen LogP contribution in [0.15, 0.2) is 0 Å². The van der Waals surface area contributed by atoms with Gasteiger partial charge in [0, 0.05) is 18.3 Å². The zero-order chi connectivity index (χ0) is 12.0. The Morgan fingerprint density at radius 3 is 2.75 bits per heavy atom. The van der Waals surface area contributed by atoms with Gasteiger partial charge in [0.1, 0.15) is 0 Å². The van der Waals surface area contributed by atoms with E-state index >= 15 is 0 Å². The van der Waals surface area contributed by atoms with Crippen molar-refractivity contribution in [3.63, 3.8) is 0 Å². The summed E-state index contributed by atoms with van der Waals surface area (Å²) >= 11 is 5.94. The van der Waals surface area contributed by atoms with Gasteiger partial charge in [-0.1, -0.05) is 33.1 Å². The smallest absolute Gasteiger partial charge is 0.220 e. The fourth-order valence-corrected chi connectivity index (χ4v) is 2.68. The fraction of sp³-hybridized carbons (Fsp3) is 0.923. The molecule has 3 heteroatoms. The van der Waals surface area contributed by atoms with Gasteiger partial charge in [0.25, 0.3) is 0 Å². The average molecular weight is 246 g/mol.